The van der Waals surface area contributed by atoms with Crippen molar-refractivity contribution in [2.45, 2.75) is 51.8 Å². The standard InChI is InChI=1S/C22H39N5O3.HI/c1-21(2,3)30-20(28)26-22(4,5)15-25-19(23-6)24-14-18(27(7)8)16-10-12-17(29-9)13-11-16;/h10-13,18H,14-15H2,1-9H3,(H,26,28)(H2,23,24,25);1H. The van der Waals surface area contributed by atoms with E-state index in [1.165, 1.54) is 5.56 Å². The van der Waals surface area contributed by atoms with Gasteiger partial charge >= 0.3 is 6.09 Å². The summed E-state index contributed by atoms with van der Waals surface area (Å²) in [7, 11) is 7.47. The number of alkyl carbamates (subject to hydrolysis) is 1. The van der Waals surface area contributed by atoms with Gasteiger partial charge in [0.15, 0.2) is 5.96 Å². The lowest BCUT2D eigenvalue weighted by Crippen LogP contribution is -2.54. The van der Waals surface area contributed by atoms with Crippen molar-refractivity contribution in [1.29, 1.82) is 0 Å². The zero-order chi connectivity index (χ0) is 22.9. The second kappa shape index (κ2) is 12.9. The van der Waals surface area contributed by atoms with Crippen molar-refractivity contribution in [2.24, 2.45) is 4.99 Å². The number of benzene rings is 1. The summed E-state index contributed by atoms with van der Waals surface area (Å²) in [4.78, 5) is 18.5. The molecule has 0 aliphatic rings. The fourth-order valence-electron chi connectivity index (χ4n) is 2.77. The van der Waals surface area contributed by atoms with Crippen molar-refractivity contribution < 1.29 is 14.3 Å². The van der Waals surface area contributed by atoms with Gasteiger partial charge in [-0.2, -0.15) is 0 Å². The molecule has 9 heteroatoms. The molecule has 1 rings (SSSR count). The lowest BCUT2D eigenvalue weighted by molar-refractivity contribution is 0.0474. The molecule has 0 saturated heterocycles. The first-order valence-corrected chi connectivity index (χ1v) is 10.1. The van der Waals surface area contributed by atoms with E-state index in [-0.39, 0.29) is 30.0 Å². The Kier molecular flexibility index (Phi) is 12.2. The maximum Gasteiger partial charge on any atom is 0.408 e. The van der Waals surface area contributed by atoms with Crippen LogP contribution < -0.4 is 20.7 Å². The van der Waals surface area contributed by atoms with Gasteiger partial charge < -0.3 is 30.3 Å². The van der Waals surface area contributed by atoms with E-state index in [0.29, 0.717) is 19.0 Å². The van der Waals surface area contributed by atoms with Crippen LogP contribution in [0.1, 0.15) is 46.2 Å². The molecule has 0 aliphatic heterocycles. The number of nitrogens with zero attached hydrogens (tertiary/aromatic N) is 2. The summed E-state index contributed by atoms with van der Waals surface area (Å²) in [6.45, 7) is 10.5. The summed E-state index contributed by atoms with van der Waals surface area (Å²) in [5.74, 6) is 1.50. The van der Waals surface area contributed by atoms with Crippen LogP contribution in [-0.4, -0.2) is 69.4 Å². The molecule has 1 aromatic carbocycles. The quantitative estimate of drug-likeness (QED) is 0.262. The van der Waals surface area contributed by atoms with Crippen LogP contribution in [0.3, 0.4) is 0 Å². The van der Waals surface area contributed by atoms with Crippen molar-refractivity contribution in [3.8, 4) is 5.75 Å². The highest BCUT2D eigenvalue weighted by Gasteiger charge is 2.25. The molecule has 1 unspecified atom stereocenters. The molecule has 0 spiro atoms. The number of likely N-dealkylation sites (N-methyl/N-ethyl adjacent to an activating group) is 1. The molecular formula is C22H40IN5O3. The highest BCUT2D eigenvalue weighted by molar-refractivity contribution is 14.0. The Bertz CT molecular complexity index is 700. The van der Waals surface area contributed by atoms with Crippen LogP contribution in [-0.2, 0) is 4.74 Å². The van der Waals surface area contributed by atoms with Gasteiger partial charge in [-0.1, -0.05) is 12.1 Å². The third-order valence-corrected chi connectivity index (χ3v) is 4.35. The van der Waals surface area contributed by atoms with Gasteiger partial charge in [0.2, 0.25) is 0 Å². The number of ether oxygens (including phenoxy) is 2. The normalized spacial score (nSPS) is 13.2. The SMILES string of the molecule is CN=C(NCC(c1ccc(OC)cc1)N(C)C)NCC(C)(C)NC(=O)OC(C)(C)C.I. The van der Waals surface area contributed by atoms with E-state index in [4.69, 9.17) is 9.47 Å². The van der Waals surface area contributed by atoms with Crippen LogP contribution in [0.15, 0.2) is 29.3 Å². The summed E-state index contributed by atoms with van der Waals surface area (Å²) in [6.07, 6.45) is -0.440. The van der Waals surface area contributed by atoms with Crippen molar-refractivity contribution >= 4 is 36.0 Å². The lowest BCUT2D eigenvalue weighted by atomic mass is 10.1. The van der Waals surface area contributed by atoms with Gasteiger partial charge in [0, 0.05) is 20.1 Å². The minimum absolute atomic E-state index is 0. The van der Waals surface area contributed by atoms with E-state index in [9.17, 15) is 4.79 Å². The van der Waals surface area contributed by atoms with E-state index in [1.54, 1.807) is 14.2 Å². The molecule has 0 bridgehead atoms. The van der Waals surface area contributed by atoms with E-state index in [2.05, 4.69) is 38.0 Å². The summed E-state index contributed by atoms with van der Waals surface area (Å²) in [6, 6.07) is 8.21. The molecule has 8 nitrogen and oxygen atoms in total. The molecule has 0 aromatic heterocycles. The molecule has 1 aromatic rings. The van der Waals surface area contributed by atoms with Gasteiger partial charge in [-0.25, -0.2) is 4.79 Å². The molecule has 0 heterocycles. The highest BCUT2D eigenvalue weighted by atomic mass is 127. The number of guanidine groups is 1. The van der Waals surface area contributed by atoms with Gasteiger partial charge in [0.1, 0.15) is 11.4 Å². The van der Waals surface area contributed by atoms with Crippen LogP contribution in [0.25, 0.3) is 0 Å². The second-order valence-corrected chi connectivity index (χ2v) is 9.07. The van der Waals surface area contributed by atoms with Gasteiger partial charge in [-0.3, -0.25) is 4.99 Å². The average molecular weight is 549 g/mol. The summed E-state index contributed by atoms with van der Waals surface area (Å²) < 4.78 is 10.6. The number of methoxy groups -OCH3 is 1. The first-order valence-electron chi connectivity index (χ1n) is 10.1. The first kappa shape index (κ1) is 29.2. The van der Waals surface area contributed by atoms with Crippen molar-refractivity contribution in [2.75, 3.05) is 41.3 Å². The molecule has 0 radical (unpaired) electrons. The van der Waals surface area contributed by atoms with Gasteiger partial charge in [0.05, 0.1) is 18.7 Å². The molecule has 1 amide bonds. The fraction of sp³-hybridized carbons (Fsp3) is 0.636. The van der Waals surface area contributed by atoms with Gasteiger partial charge in [0.25, 0.3) is 0 Å². The molecule has 0 fully saturated rings. The molecule has 0 saturated carbocycles. The predicted molar refractivity (Wildman–Crippen MR) is 138 cm³/mol. The molecule has 3 N–H and O–H groups in total. The van der Waals surface area contributed by atoms with Gasteiger partial charge in [-0.05, 0) is 66.4 Å². The van der Waals surface area contributed by atoms with E-state index in [0.717, 1.165) is 5.75 Å². The largest absolute Gasteiger partial charge is 0.497 e. The minimum atomic E-state index is -0.534. The summed E-state index contributed by atoms with van der Waals surface area (Å²) >= 11 is 0. The van der Waals surface area contributed by atoms with Crippen LogP contribution in [0.2, 0.25) is 0 Å². The number of amides is 1. The maximum absolute atomic E-state index is 12.1. The Morgan fingerprint density at radius 3 is 2.13 bits per heavy atom. The third-order valence-electron chi connectivity index (χ3n) is 4.35. The average Bonchev–Trinajstić information content (AvgIpc) is 2.62. The Labute approximate surface area is 204 Å². The van der Waals surface area contributed by atoms with Crippen molar-refractivity contribution in [3.63, 3.8) is 0 Å². The van der Waals surface area contributed by atoms with Gasteiger partial charge in [-0.15, -0.1) is 24.0 Å². The van der Waals surface area contributed by atoms with Crippen LogP contribution >= 0.6 is 24.0 Å². The van der Waals surface area contributed by atoms with E-state index >= 15 is 0 Å². The summed E-state index contributed by atoms with van der Waals surface area (Å²) in [5.41, 5.74) is 0.126. The topological polar surface area (TPSA) is 87.2 Å². The Balaban J connectivity index is 0.00000900. The van der Waals surface area contributed by atoms with Crippen molar-refractivity contribution in [3.05, 3.63) is 29.8 Å². The lowest BCUT2D eigenvalue weighted by Gasteiger charge is -2.30. The number of halogens is 1. The zero-order valence-corrected chi connectivity index (χ0v) is 22.7. The monoisotopic (exact) mass is 549 g/mol. The van der Waals surface area contributed by atoms with E-state index < -0.39 is 17.2 Å². The third kappa shape index (κ3) is 11.4. The molecule has 31 heavy (non-hydrogen) atoms. The maximum atomic E-state index is 12.1. The fourth-order valence-corrected chi connectivity index (χ4v) is 2.77. The van der Waals surface area contributed by atoms with Crippen LogP contribution in [0.4, 0.5) is 4.79 Å². The first-order chi connectivity index (χ1) is 13.9. The number of carbonyl (C=O) groups excluding carboxylic acids is 1. The molecular weight excluding hydrogens is 509 g/mol. The zero-order valence-electron chi connectivity index (χ0n) is 20.3. The number of hydrogen-bond acceptors (Lipinski definition) is 5. The second-order valence-electron chi connectivity index (χ2n) is 9.07. The van der Waals surface area contributed by atoms with Crippen LogP contribution in [0.5, 0.6) is 5.75 Å². The Hall–Kier alpha value is -1.75. The Morgan fingerprint density at radius 2 is 1.68 bits per heavy atom. The smallest absolute Gasteiger partial charge is 0.408 e. The number of nitrogens with one attached hydrogen (secondary N) is 3. The number of rotatable bonds is 8. The number of aliphatic imine (C=N–C) groups is 1. The van der Waals surface area contributed by atoms with E-state index in [1.807, 2.05) is 60.8 Å². The number of hydrogen-bond donors (Lipinski definition) is 3. The molecule has 0 aliphatic carbocycles. The van der Waals surface area contributed by atoms with Crippen LogP contribution in [0, 0.1) is 0 Å². The molecule has 178 valence electrons. The van der Waals surface area contributed by atoms with Crippen molar-refractivity contribution in [1.82, 2.24) is 20.9 Å². The predicted octanol–water partition coefficient (Wildman–Crippen LogP) is 3.38. The Morgan fingerprint density at radius 1 is 1.10 bits per heavy atom. The summed E-state index contributed by atoms with van der Waals surface area (Å²) in [5, 5.41) is 9.52. The highest BCUT2D eigenvalue weighted by Crippen LogP contribution is 2.20. The molecule has 1 atom stereocenters. The minimum Gasteiger partial charge on any atom is -0.497 e. The number of carbonyl (C=O) groups is 1.